The molecule has 0 aliphatic heterocycles. The van der Waals surface area contributed by atoms with E-state index >= 15 is 0 Å². The van der Waals surface area contributed by atoms with E-state index < -0.39 is 11.7 Å². The van der Waals surface area contributed by atoms with Gasteiger partial charge in [-0.05, 0) is 43.9 Å². The highest BCUT2D eigenvalue weighted by Gasteiger charge is 2.31. The Morgan fingerprint density at radius 2 is 1.91 bits per heavy atom. The molecular formula is C16H17F3N2S. The molecule has 1 fully saturated rings. The Kier molecular flexibility index (Phi) is 4.47. The van der Waals surface area contributed by atoms with Crippen LogP contribution in [-0.2, 0) is 6.18 Å². The van der Waals surface area contributed by atoms with Crippen molar-refractivity contribution >= 4 is 11.8 Å². The van der Waals surface area contributed by atoms with Crippen LogP contribution < -0.4 is 0 Å². The Labute approximate surface area is 131 Å². The Morgan fingerprint density at radius 3 is 2.55 bits per heavy atom. The summed E-state index contributed by atoms with van der Waals surface area (Å²) in [7, 11) is 0. The summed E-state index contributed by atoms with van der Waals surface area (Å²) >= 11 is 1.57. The van der Waals surface area contributed by atoms with Crippen LogP contribution >= 0.6 is 11.8 Å². The van der Waals surface area contributed by atoms with E-state index in [-0.39, 0.29) is 0 Å². The molecule has 1 aliphatic rings. The van der Waals surface area contributed by atoms with E-state index in [9.17, 15) is 13.2 Å². The third-order valence-corrected chi connectivity index (χ3v) is 5.43. The van der Waals surface area contributed by atoms with E-state index in [1.807, 2.05) is 6.20 Å². The molecule has 2 nitrogen and oxygen atoms in total. The molecule has 0 saturated heterocycles. The first-order valence-electron chi connectivity index (χ1n) is 7.34. The summed E-state index contributed by atoms with van der Waals surface area (Å²) in [4.78, 5) is 7.91. The average molecular weight is 326 g/mol. The molecule has 2 aromatic rings. The monoisotopic (exact) mass is 326 g/mol. The minimum atomic E-state index is -4.27. The number of hydrogen-bond donors (Lipinski definition) is 1. The van der Waals surface area contributed by atoms with Gasteiger partial charge in [0.15, 0.2) is 0 Å². The minimum absolute atomic E-state index is 0.391. The molecule has 0 unspecified atom stereocenters. The molecule has 6 heteroatoms. The molecule has 1 N–H and O–H groups in total. The lowest BCUT2D eigenvalue weighted by Crippen LogP contribution is -2.15. The van der Waals surface area contributed by atoms with Crippen molar-refractivity contribution < 1.29 is 13.2 Å². The van der Waals surface area contributed by atoms with Crippen molar-refractivity contribution in [2.75, 3.05) is 0 Å². The SMILES string of the molecule is FC(F)(F)c1cccc(SC2CCC(c3cnc[nH]3)CC2)c1. The van der Waals surface area contributed by atoms with Gasteiger partial charge >= 0.3 is 6.18 Å². The van der Waals surface area contributed by atoms with Gasteiger partial charge in [0.2, 0.25) is 0 Å². The fourth-order valence-electron chi connectivity index (χ4n) is 2.92. The van der Waals surface area contributed by atoms with Crippen molar-refractivity contribution in [3.8, 4) is 0 Å². The maximum absolute atomic E-state index is 12.7. The molecule has 3 rings (SSSR count). The van der Waals surface area contributed by atoms with E-state index in [1.165, 1.54) is 17.8 Å². The summed E-state index contributed by atoms with van der Waals surface area (Å²) < 4.78 is 38.2. The van der Waals surface area contributed by atoms with E-state index in [4.69, 9.17) is 0 Å². The first-order chi connectivity index (χ1) is 10.5. The number of nitrogens with one attached hydrogen (secondary N) is 1. The van der Waals surface area contributed by atoms with Gasteiger partial charge in [-0.2, -0.15) is 13.2 Å². The van der Waals surface area contributed by atoms with Crippen LogP contribution in [0.4, 0.5) is 13.2 Å². The topological polar surface area (TPSA) is 28.7 Å². The molecule has 1 aromatic carbocycles. The maximum atomic E-state index is 12.7. The highest BCUT2D eigenvalue weighted by molar-refractivity contribution is 8.00. The Balaban J connectivity index is 1.59. The molecule has 1 saturated carbocycles. The fraction of sp³-hybridized carbons (Fsp3) is 0.438. The molecule has 1 aromatic heterocycles. The van der Waals surface area contributed by atoms with Crippen molar-refractivity contribution in [1.82, 2.24) is 9.97 Å². The number of aromatic amines is 1. The van der Waals surface area contributed by atoms with Gasteiger partial charge in [-0.3, -0.25) is 0 Å². The number of imidazole rings is 1. The van der Waals surface area contributed by atoms with Gasteiger partial charge in [0.1, 0.15) is 0 Å². The van der Waals surface area contributed by atoms with Crippen LogP contribution in [0.25, 0.3) is 0 Å². The van der Waals surface area contributed by atoms with E-state index in [1.54, 1.807) is 24.2 Å². The van der Waals surface area contributed by atoms with Crippen LogP contribution in [0.15, 0.2) is 41.7 Å². The van der Waals surface area contributed by atoms with Crippen LogP contribution in [0.3, 0.4) is 0 Å². The van der Waals surface area contributed by atoms with Crippen LogP contribution in [0, 0.1) is 0 Å². The predicted octanol–water partition coefficient (Wildman–Crippen LogP) is 5.25. The molecule has 0 atom stereocenters. The summed E-state index contributed by atoms with van der Waals surface area (Å²) in [6.07, 6.45) is 3.44. The smallest absolute Gasteiger partial charge is 0.348 e. The highest BCUT2D eigenvalue weighted by Crippen LogP contribution is 2.40. The number of halogens is 3. The number of H-pyrrole nitrogens is 1. The first-order valence-corrected chi connectivity index (χ1v) is 8.22. The quantitative estimate of drug-likeness (QED) is 0.835. The van der Waals surface area contributed by atoms with Gasteiger partial charge in [-0.25, -0.2) is 4.98 Å². The molecular weight excluding hydrogens is 309 g/mol. The largest absolute Gasteiger partial charge is 0.416 e. The molecule has 22 heavy (non-hydrogen) atoms. The van der Waals surface area contributed by atoms with Crippen molar-refractivity contribution in [3.05, 3.63) is 48.0 Å². The summed E-state index contributed by atoms with van der Waals surface area (Å²) in [6.45, 7) is 0. The van der Waals surface area contributed by atoms with Gasteiger partial charge in [0, 0.05) is 28.0 Å². The molecule has 118 valence electrons. The zero-order valence-electron chi connectivity index (χ0n) is 11.9. The Bertz CT molecular complexity index is 602. The molecule has 1 heterocycles. The fourth-order valence-corrected chi connectivity index (χ4v) is 4.16. The van der Waals surface area contributed by atoms with E-state index in [0.29, 0.717) is 16.1 Å². The molecule has 0 amide bonds. The zero-order valence-corrected chi connectivity index (χ0v) is 12.8. The average Bonchev–Trinajstić information content (AvgIpc) is 3.02. The van der Waals surface area contributed by atoms with Gasteiger partial charge in [-0.15, -0.1) is 11.8 Å². The first kappa shape index (κ1) is 15.5. The van der Waals surface area contributed by atoms with Gasteiger partial charge in [0.25, 0.3) is 0 Å². The minimum Gasteiger partial charge on any atom is -0.348 e. The van der Waals surface area contributed by atoms with Crippen LogP contribution in [-0.4, -0.2) is 15.2 Å². The number of nitrogens with zero attached hydrogens (tertiary/aromatic N) is 1. The number of aromatic nitrogens is 2. The normalized spacial score (nSPS) is 22.7. The lowest BCUT2D eigenvalue weighted by Gasteiger charge is -2.27. The standard InChI is InChI=1S/C16H17F3N2S/c17-16(18,19)12-2-1-3-14(8-12)22-13-6-4-11(5-7-13)15-9-20-10-21-15/h1-3,8-11,13H,4-7H2,(H,20,21). The lowest BCUT2D eigenvalue weighted by molar-refractivity contribution is -0.137. The third-order valence-electron chi connectivity index (χ3n) is 4.10. The number of benzene rings is 1. The molecule has 0 bridgehead atoms. The van der Waals surface area contributed by atoms with Crippen molar-refractivity contribution in [1.29, 1.82) is 0 Å². The van der Waals surface area contributed by atoms with Gasteiger partial charge < -0.3 is 4.98 Å². The third kappa shape index (κ3) is 3.66. The highest BCUT2D eigenvalue weighted by atomic mass is 32.2. The summed E-state index contributed by atoms with van der Waals surface area (Å²) in [5.74, 6) is 0.501. The van der Waals surface area contributed by atoms with E-state index in [0.717, 1.165) is 31.7 Å². The number of rotatable bonds is 3. The van der Waals surface area contributed by atoms with Crippen molar-refractivity contribution in [2.24, 2.45) is 0 Å². The van der Waals surface area contributed by atoms with Crippen LogP contribution in [0.2, 0.25) is 0 Å². The summed E-state index contributed by atoms with van der Waals surface area (Å²) in [5, 5.41) is 0.391. The molecule has 1 aliphatic carbocycles. The van der Waals surface area contributed by atoms with Crippen LogP contribution in [0.5, 0.6) is 0 Å². The second-order valence-electron chi connectivity index (χ2n) is 5.62. The molecule has 0 spiro atoms. The van der Waals surface area contributed by atoms with Gasteiger partial charge in [-0.1, -0.05) is 6.07 Å². The Morgan fingerprint density at radius 1 is 1.14 bits per heavy atom. The predicted molar refractivity (Wildman–Crippen MR) is 80.9 cm³/mol. The summed E-state index contributed by atoms with van der Waals surface area (Å²) in [6, 6.07) is 5.63. The lowest BCUT2D eigenvalue weighted by atomic mass is 9.87. The van der Waals surface area contributed by atoms with Crippen LogP contribution in [0.1, 0.15) is 42.9 Å². The van der Waals surface area contributed by atoms with Crippen molar-refractivity contribution in [3.63, 3.8) is 0 Å². The second kappa shape index (κ2) is 6.36. The number of thioether (sulfide) groups is 1. The zero-order chi connectivity index (χ0) is 15.6. The second-order valence-corrected chi connectivity index (χ2v) is 7.00. The number of alkyl halides is 3. The molecule has 0 radical (unpaired) electrons. The Hall–Kier alpha value is -1.43. The van der Waals surface area contributed by atoms with E-state index in [2.05, 4.69) is 9.97 Å². The summed E-state index contributed by atoms with van der Waals surface area (Å²) in [5.41, 5.74) is 0.603. The number of hydrogen-bond acceptors (Lipinski definition) is 2. The van der Waals surface area contributed by atoms with Crippen molar-refractivity contribution in [2.45, 2.75) is 47.9 Å². The maximum Gasteiger partial charge on any atom is 0.416 e. The van der Waals surface area contributed by atoms with Gasteiger partial charge in [0.05, 0.1) is 11.9 Å².